The van der Waals surface area contributed by atoms with E-state index in [0.29, 0.717) is 24.5 Å². The molecule has 3 rings (SSSR count). The Morgan fingerprint density at radius 3 is 2.74 bits per heavy atom. The number of hydrogen-bond acceptors (Lipinski definition) is 3. The molecule has 5 nitrogen and oxygen atoms in total. The predicted octanol–water partition coefficient (Wildman–Crippen LogP) is 3.14. The summed E-state index contributed by atoms with van der Waals surface area (Å²) in [5, 5.41) is 7.27. The SMILES string of the molecule is CCn1nc(C(=O)NCCc2ccccc2)cc1-c1ccco1. The minimum Gasteiger partial charge on any atom is -0.463 e. The topological polar surface area (TPSA) is 60.1 Å². The van der Waals surface area contributed by atoms with Crippen LogP contribution in [0.4, 0.5) is 0 Å². The molecule has 0 aliphatic rings. The number of carbonyl (C=O) groups excluding carboxylic acids is 1. The number of rotatable bonds is 6. The number of hydrogen-bond donors (Lipinski definition) is 1. The molecule has 2 aromatic heterocycles. The first-order chi connectivity index (χ1) is 11.3. The second kappa shape index (κ2) is 6.96. The lowest BCUT2D eigenvalue weighted by Crippen LogP contribution is -2.26. The first-order valence-electron chi connectivity index (χ1n) is 7.71. The van der Waals surface area contributed by atoms with E-state index in [1.54, 1.807) is 17.0 Å². The maximum absolute atomic E-state index is 12.3. The van der Waals surface area contributed by atoms with Crippen LogP contribution in [0.3, 0.4) is 0 Å². The van der Waals surface area contributed by atoms with Gasteiger partial charge in [0, 0.05) is 19.2 Å². The first-order valence-corrected chi connectivity index (χ1v) is 7.71. The molecule has 0 fully saturated rings. The highest BCUT2D eigenvalue weighted by Crippen LogP contribution is 2.21. The summed E-state index contributed by atoms with van der Waals surface area (Å²) in [4.78, 5) is 12.3. The van der Waals surface area contributed by atoms with E-state index in [1.807, 2.05) is 49.4 Å². The minimum atomic E-state index is -0.166. The number of amides is 1. The number of nitrogens with one attached hydrogen (secondary N) is 1. The molecule has 3 aromatic rings. The van der Waals surface area contributed by atoms with Crippen LogP contribution in [0.5, 0.6) is 0 Å². The molecule has 0 atom stereocenters. The van der Waals surface area contributed by atoms with E-state index in [-0.39, 0.29) is 5.91 Å². The molecule has 0 unspecified atom stereocenters. The maximum atomic E-state index is 12.3. The molecule has 0 saturated heterocycles. The van der Waals surface area contributed by atoms with Crippen molar-refractivity contribution in [2.75, 3.05) is 6.54 Å². The quantitative estimate of drug-likeness (QED) is 0.761. The van der Waals surface area contributed by atoms with Crippen molar-refractivity contribution in [3.63, 3.8) is 0 Å². The second-order valence-corrected chi connectivity index (χ2v) is 5.20. The number of furan rings is 1. The third-order valence-corrected chi connectivity index (χ3v) is 3.63. The van der Waals surface area contributed by atoms with E-state index in [4.69, 9.17) is 4.42 Å². The molecule has 0 saturated carbocycles. The molecule has 5 heteroatoms. The Morgan fingerprint density at radius 2 is 2.04 bits per heavy atom. The lowest BCUT2D eigenvalue weighted by atomic mass is 10.1. The van der Waals surface area contributed by atoms with E-state index >= 15 is 0 Å². The molecule has 2 heterocycles. The summed E-state index contributed by atoms with van der Waals surface area (Å²) < 4.78 is 7.17. The van der Waals surface area contributed by atoms with E-state index < -0.39 is 0 Å². The van der Waals surface area contributed by atoms with Crippen LogP contribution in [0.2, 0.25) is 0 Å². The third kappa shape index (κ3) is 3.51. The summed E-state index contributed by atoms with van der Waals surface area (Å²) in [5.41, 5.74) is 2.42. The van der Waals surface area contributed by atoms with Crippen LogP contribution in [-0.4, -0.2) is 22.2 Å². The van der Waals surface area contributed by atoms with E-state index in [2.05, 4.69) is 10.4 Å². The van der Waals surface area contributed by atoms with Crippen molar-refractivity contribution in [2.24, 2.45) is 0 Å². The van der Waals surface area contributed by atoms with Crippen molar-refractivity contribution in [3.8, 4) is 11.5 Å². The van der Waals surface area contributed by atoms with Crippen LogP contribution in [0, 0.1) is 0 Å². The Balaban J connectivity index is 1.66. The fraction of sp³-hybridized carbons (Fsp3) is 0.222. The molecule has 0 bridgehead atoms. The summed E-state index contributed by atoms with van der Waals surface area (Å²) in [7, 11) is 0. The van der Waals surface area contributed by atoms with Gasteiger partial charge in [-0.25, -0.2) is 0 Å². The molecular weight excluding hydrogens is 290 g/mol. The van der Waals surface area contributed by atoms with Crippen LogP contribution >= 0.6 is 0 Å². The average Bonchev–Trinajstić information content (AvgIpc) is 3.24. The largest absolute Gasteiger partial charge is 0.463 e. The Kier molecular flexibility index (Phi) is 4.57. The van der Waals surface area contributed by atoms with E-state index in [9.17, 15) is 4.79 Å². The van der Waals surface area contributed by atoms with Crippen molar-refractivity contribution < 1.29 is 9.21 Å². The van der Waals surface area contributed by atoms with Crippen LogP contribution in [0.15, 0.2) is 59.2 Å². The van der Waals surface area contributed by atoms with Crippen molar-refractivity contribution in [3.05, 3.63) is 66.1 Å². The van der Waals surface area contributed by atoms with Gasteiger partial charge in [-0.2, -0.15) is 5.10 Å². The Morgan fingerprint density at radius 1 is 1.22 bits per heavy atom. The van der Waals surface area contributed by atoms with Gasteiger partial charge in [0.2, 0.25) is 0 Å². The first kappa shape index (κ1) is 15.1. The van der Waals surface area contributed by atoms with E-state index in [0.717, 1.165) is 12.1 Å². The predicted molar refractivity (Wildman–Crippen MR) is 88.1 cm³/mol. The Labute approximate surface area is 134 Å². The fourth-order valence-electron chi connectivity index (χ4n) is 2.45. The van der Waals surface area contributed by atoms with Gasteiger partial charge in [0.25, 0.3) is 5.91 Å². The fourth-order valence-corrected chi connectivity index (χ4v) is 2.45. The average molecular weight is 309 g/mol. The number of aromatic nitrogens is 2. The van der Waals surface area contributed by atoms with Gasteiger partial charge in [0.15, 0.2) is 11.5 Å². The van der Waals surface area contributed by atoms with Crippen molar-refractivity contribution in [2.45, 2.75) is 19.9 Å². The third-order valence-electron chi connectivity index (χ3n) is 3.63. The van der Waals surface area contributed by atoms with Gasteiger partial charge in [0.1, 0.15) is 5.69 Å². The zero-order chi connectivity index (χ0) is 16.1. The van der Waals surface area contributed by atoms with Gasteiger partial charge >= 0.3 is 0 Å². The molecular formula is C18H19N3O2. The monoisotopic (exact) mass is 309 g/mol. The standard InChI is InChI=1S/C18H19N3O2/c1-2-21-16(17-9-6-12-23-17)13-15(20-21)18(22)19-11-10-14-7-4-3-5-8-14/h3-9,12-13H,2,10-11H2,1H3,(H,19,22). The zero-order valence-corrected chi connectivity index (χ0v) is 13.0. The summed E-state index contributed by atoms with van der Waals surface area (Å²) in [6.07, 6.45) is 2.41. The summed E-state index contributed by atoms with van der Waals surface area (Å²) in [5.74, 6) is 0.545. The highest BCUT2D eigenvalue weighted by molar-refractivity contribution is 5.93. The molecule has 0 aliphatic heterocycles. The Bertz CT molecular complexity index is 761. The molecule has 1 N–H and O–H groups in total. The van der Waals surface area contributed by atoms with Crippen LogP contribution in [0.25, 0.3) is 11.5 Å². The lowest BCUT2D eigenvalue weighted by Gasteiger charge is -2.03. The van der Waals surface area contributed by atoms with Gasteiger partial charge in [0.05, 0.1) is 6.26 Å². The second-order valence-electron chi connectivity index (χ2n) is 5.20. The van der Waals surface area contributed by atoms with Gasteiger partial charge < -0.3 is 9.73 Å². The molecule has 0 aliphatic carbocycles. The van der Waals surface area contributed by atoms with Gasteiger partial charge in [-0.1, -0.05) is 30.3 Å². The molecule has 118 valence electrons. The van der Waals surface area contributed by atoms with Crippen molar-refractivity contribution in [1.29, 1.82) is 0 Å². The van der Waals surface area contributed by atoms with Crippen molar-refractivity contribution >= 4 is 5.91 Å². The lowest BCUT2D eigenvalue weighted by molar-refractivity contribution is 0.0948. The number of benzene rings is 1. The van der Waals surface area contributed by atoms with Gasteiger partial charge in [-0.05, 0) is 31.0 Å². The summed E-state index contributed by atoms with van der Waals surface area (Å²) in [6, 6.07) is 15.5. The summed E-state index contributed by atoms with van der Waals surface area (Å²) in [6.45, 7) is 3.24. The zero-order valence-electron chi connectivity index (χ0n) is 13.0. The maximum Gasteiger partial charge on any atom is 0.271 e. The van der Waals surface area contributed by atoms with E-state index in [1.165, 1.54) is 5.56 Å². The minimum absolute atomic E-state index is 0.166. The van der Waals surface area contributed by atoms with Gasteiger partial charge in [-0.15, -0.1) is 0 Å². The molecule has 0 radical (unpaired) electrons. The van der Waals surface area contributed by atoms with Crippen molar-refractivity contribution in [1.82, 2.24) is 15.1 Å². The number of carbonyl (C=O) groups is 1. The molecule has 23 heavy (non-hydrogen) atoms. The van der Waals surface area contributed by atoms with Crippen LogP contribution in [0.1, 0.15) is 23.0 Å². The smallest absolute Gasteiger partial charge is 0.271 e. The Hall–Kier alpha value is -2.82. The summed E-state index contributed by atoms with van der Waals surface area (Å²) >= 11 is 0. The highest BCUT2D eigenvalue weighted by atomic mass is 16.3. The molecule has 0 spiro atoms. The number of aryl methyl sites for hydroxylation is 1. The highest BCUT2D eigenvalue weighted by Gasteiger charge is 2.16. The van der Waals surface area contributed by atoms with Crippen LogP contribution in [-0.2, 0) is 13.0 Å². The van der Waals surface area contributed by atoms with Crippen LogP contribution < -0.4 is 5.32 Å². The molecule has 1 amide bonds. The van der Waals surface area contributed by atoms with Gasteiger partial charge in [-0.3, -0.25) is 9.48 Å². The number of nitrogens with zero attached hydrogens (tertiary/aromatic N) is 2. The normalized spacial score (nSPS) is 10.7. The molecule has 1 aromatic carbocycles.